The quantitative estimate of drug-likeness (QED) is 0.186. The predicted octanol–water partition coefficient (Wildman–Crippen LogP) is 8.42. The lowest BCUT2D eigenvalue weighted by Gasteiger charge is -2.11. The maximum absolute atomic E-state index is 12.5. The number of fused-ring (bicyclic) bond motifs is 2. The Morgan fingerprint density at radius 3 is 1.54 bits per heavy atom. The van der Waals surface area contributed by atoms with E-state index in [0.29, 0.717) is 5.56 Å². The van der Waals surface area contributed by atoms with Crippen LogP contribution in [0.4, 0.5) is 0 Å². The van der Waals surface area contributed by atoms with Crippen LogP contribution in [0.25, 0.3) is 30.0 Å². The van der Waals surface area contributed by atoms with Crippen LogP contribution in [0.5, 0.6) is 0 Å². The number of hydrogen-bond donors (Lipinski definition) is 0. The normalized spacial score (nSPS) is 16.0. The van der Waals surface area contributed by atoms with Crippen LogP contribution >= 0.6 is 47.0 Å². The second-order valence-electron chi connectivity index (χ2n) is 8.86. The molecule has 4 aromatic carbocycles. The Labute approximate surface area is 233 Å². The predicted molar refractivity (Wildman–Crippen MR) is 166 cm³/mol. The number of thioether (sulfide) groups is 4. The minimum atomic E-state index is -0.289. The first kappa shape index (κ1) is 24.8. The average Bonchev–Trinajstić information content (AvgIpc) is 3.46. The monoisotopic (exact) mass is 556 g/mol. The van der Waals surface area contributed by atoms with Gasteiger partial charge in [0.05, 0.1) is 14.0 Å². The van der Waals surface area contributed by atoms with Crippen molar-refractivity contribution >= 4 is 83.0 Å². The van der Waals surface area contributed by atoms with Crippen LogP contribution in [-0.2, 0) is 4.74 Å². The van der Waals surface area contributed by atoms with E-state index < -0.39 is 0 Å². The summed E-state index contributed by atoms with van der Waals surface area (Å²) in [6, 6.07) is 26.7. The van der Waals surface area contributed by atoms with Gasteiger partial charge >= 0.3 is 5.97 Å². The number of benzene rings is 4. The van der Waals surface area contributed by atoms with E-state index in [2.05, 4.69) is 69.3 Å². The van der Waals surface area contributed by atoms with Gasteiger partial charge < -0.3 is 4.74 Å². The zero-order valence-electron chi connectivity index (χ0n) is 20.7. The summed E-state index contributed by atoms with van der Waals surface area (Å²) in [7, 11) is 0. The highest BCUT2D eigenvalue weighted by atomic mass is 32.2. The van der Waals surface area contributed by atoms with Crippen molar-refractivity contribution in [2.45, 2.75) is 20.8 Å². The SMILES string of the molecule is CC1=C(C)SC(=c2c3ccccc3c(=C3SC(C)=C(COC(=O)c4ccccc4)S3)c3ccccc23)S1. The van der Waals surface area contributed by atoms with Crippen molar-refractivity contribution in [3.05, 3.63) is 114 Å². The Morgan fingerprint density at radius 2 is 1.03 bits per heavy atom. The molecule has 2 nitrogen and oxygen atoms in total. The van der Waals surface area contributed by atoms with Crippen LogP contribution in [0.1, 0.15) is 31.1 Å². The molecule has 0 bridgehead atoms. The minimum absolute atomic E-state index is 0.282. The van der Waals surface area contributed by atoms with E-state index >= 15 is 0 Å². The second-order valence-corrected chi connectivity index (χ2v) is 14.2. The molecule has 0 fully saturated rings. The second kappa shape index (κ2) is 10.3. The van der Waals surface area contributed by atoms with Crippen molar-refractivity contribution in [2.75, 3.05) is 6.61 Å². The Bertz CT molecular complexity index is 1690. The Morgan fingerprint density at radius 1 is 0.595 bits per heavy atom. The minimum Gasteiger partial charge on any atom is -0.457 e. The third-order valence-electron chi connectivity index (χ3n) is 6.53. The number of esters is 1. The van der Waals surface area contributed by atoms with Crippen LogP contribution in [-0.4, -0.2) is 12.6 Å². The molecule has 0 atom stereocenters. The van der Waals surface area contributed by atoms with Gasteiger partial charge in [0.1, 0.15) is 6.61 Å². The van der Waals surface area contributed by atoms with E-state index in [-0.39, 0.29) is 12.6 Å². The van der Waals surface area contributed by atoms with Crippen LogP contribution in [0, 0.1) is 0 Å². The first-order chi connectivity index (χ1) is 18.0. The molecule has 0 N–H and O–H groups in total. The summed E-state index contributed by atoms with van der Waals surface area (Å²) in [5, 5.41) is 7.68. The first-order valence-electron chi connectivity index (χ1n) is 12.0. The maximum Gasteiger partial charge on any atom is 0.338 e. The van der Waals surface area contributed by atoms with E-state index in [1.165, 1.54) is 55.2 Å². The van der Waals surface area contributed by atoms with Gasteiger partial charge in [0.25, 0.3) is 0 Å². The molecule has 0 aromatic heterocycles. The number of carbonyl (C=O) groups excluding carboxylic acids is 1. The molecule has 37 heavy (non-hydrogen) atoms. The van der Waals surface area contributed by atoms with E-state index in [4.69, 9.17) is 4.74 Å². The third kappa shape index (κ3) is 4.65. The summed E-state index contributed by atoms with van der Waals surface area (Å²) in [5.41, 5.74) is 0.577. The van der Waals surface area contributed by atoms with Crippen LogP contribution < -0.4 is 10.4 Å². The Balaban J connectivity index is 1.47. The fourth-order valence-corrected chi connectivity index (χ4v) is 9.86. The lowest BCUT2D eigenvalue weighted by molar-refractivity contribution is 0.0546. The summed E-state index contributed by atoms with van der Waals surface area (Å²) in [6.07, 6.45) is 0. The highest BCUT2D eigenvalue weighted by molar-refractivity contribution is 8.36. The molecule has 0 saturated carbocycles. The molecule has 6 rings (SSSR count). The van der Waals surface area contributed by atoms with Gasteiger partial charge in [-0.25, -0.2) is 4.79 Å². The lowest BCUT2D eigenvalue weighted by Crippen LogP contribution is -2.16. The van der Waals surface area contributed by atoms with E-state index in [1.54, 1.807) is 35.7 Å². The summed E-state index contributed by atoms with van der Waals surface area (Å²) in [4.78, 5) is 17.6. The largest absolute Gasteiger partial charge is 0.457 e. The van der Waals surface area contributed by atoms with Crippen molar-refractivity contribution in [3.8, 4) is 0 Å². The molecule has 2 aliphatic rings. The van der Waals surface area contributed by atoms with Gasteiger partial charge in [-0.3, -0.25) is 0 Å². The third-order valence-corrected chi connectivity index (χ3v) is 11.8. The highest BCUT2D eigenvalue weighted by Gasteiger charge is 2.23. The fourth-order valence-electron chi connectivity index (χ4n) is 4.54. The van der Waals surface area contributed by atoms with Crippen molar-refractivity contribution in [1.29, 1.82) is 0 Å². The number of rotatable bonds is 3. The lowest BCUT2D eigenvalue weighted by atomic mass is 9.99. The van der Waals surface area contributed by atoms with Crippen LogP contribution in [0.2, 0.25) is 0 Å². The summed E-state index contributed by atoms with van der Waals surface area (Å²) in [6.45, 7) is 6.82. The molecule has 0 saturated heterocycles. The fraction of sp³-hybridized carbons (Fsp3) is 0.129. The first-order valence-corrected chi connectivity index (χ1v) is 15.3. The van der Waals surface area contributed by atoms with Gasteiger partial charge in [0.2, 0.25) is 0 Å². The van der Waals surface area contributed by atoms with E-state index in [9.17, 15) is 4.79 Å². The van der Waals surface area contributed by atoms with Crippen molar-refractivity contribution in [2.24, 2.45) is 0 Å². The molecule has 4 aromatic rings. The molecule has 2 aliphatic heterocycles. The average molecular weight is 557 g/mol. The van der Waals surface area contributed by atoms with Gasteiger partial charge in [-0.2, -0.15) is 0 Å². The topological polar surface area (TPSA) is 26.3 Å². The highest BCUT2D eigenvalue weighted by Crippen LogP contribution is 2.51. The number of allylic oxidation sites excluding steroid dienone is 3. The molecule has 6 heteroatoms. The van der Waals surface area contributed by atoms with Gasteiger partial charge in [-0.15, -0.1) is 0 Å². The molecule has 0 aliphatic carbocycles. The number of carbonyl (C=O) groups is 1. The van der Waals surface area contributed by atoms with Gasteiger partial charge in [0.15, 0.2) is 0 Å². The summed E-state index contributed by atoms with van der Waals surface area (Å²) in [5.74, 6) is -0.289. The van der Waals surface area contributed by atoms with E-state index in [0.717, 1.165) is 4.91 Å². The van der Waals surface area contributed by atoms with Crippen LogP contribution in [0.15, 0.2) is 98.5 Å². The number of ether oxygens (including phenoxy) is 1. The smallest absolute Gasteiger partial charge is 0.338 e. The standard InChI is InChI=1S/C31H24O2S4/c1-18-19(2)35-30(34-18)27-22-13-7-9-15-24(22)28(25-16-10-8-14-23(25)27)31-36-20(3)26(37-31)17-33-29(32)21-11-5-4-6-12-21/h4-16H,17H2,1-3H3. The molecular formula is C31H24O2S4. The van der Waals surface area contributed by atoms with Crippen molar-refractivity contribution in [3.63, 3.8) is 0 Å². The number of hydrogen-bond acceptors (Lipinski definition) is 6. The summed E-state index contributed by atoms with van der Waals surface area (Å²) < 4.78 is 8.29. The molecule has 0 amide bonds. The Hall–Kier alpha value is -2.51. The zero-order valence-corrected chi connectivity index (χ0v) is 23.9. The van der Waals surface area contributed by atoms with Gasteiger partial charge in [-0.05, 0) is 64.3 Å². The van der Waals surface area contributed by atoms with Crippen LogP contribution in [0.3, 0.4) is 0 Å². The summed E-state index contributed by atoms with van der Waals surface area (Å²) >= 11 is 7.30. The Kier molecular flexibility index (Phi) is 6.93. The maximum atomic E-state index is 12.5. The zero-order chi connectivity index (χ0) is 25.5. The van der Waals surface area contributed by atoms with E-state index in [1.807, 2.05) is 41.7 Å². The molecule has 184 valence electrons. The van der Waals surface area contributed by atoms with Crippen molar-refractivity contribution < 1.29 is 9.53 Å². The van der Waals surface area contributed by atoms with Gasteiger partial charge in [-0.1, -0.05) is 114 Å². The molecule has 0 unspecified atom stereocenters. The molecule has 0 spiro atoms. The molecule has 2 heterocycles. The van der Waals surface area contributed by atoms with Gasteiger partial charge in [0, 0.05) is 20.2 Å². The van der Waals surface area contributed by atoms with Crippen molar-refractivity contribution in [1.82, 2.24) is 0 Å². The molecular weight excluding hydrogens is 533 g/mol. The molecule has 0 radical (unpaired) electrons.